The largest absolute Gasteiger partial charge is 0.396 e. The maximum Gasteiger partial charge on any atom is 0.220 e. The van der Waals surface area contributed by atoms with Crippen LogP contribution >= 0.6 is 0 Å². The molecule has 3 heteroatoms. The van der Waals surface area contributed by atoms with Crippen molar-refractivity contribution in [3.63, 3.8) is 0 Å². The molecular weight excluding hydrogens is 334 g/mol. The van der Waals surface area contributed by atoms with Crippen LogP contribution in [0, 0.1) is 11.8 Å². The van der Waals surface area contributed by atoms with Crippen molar-refractivity contribution in [2.75, 3.05) is 6.61 Å². The fraction of sp³-hybridized carbons (Fsp3) is 0.792. The van der Waals surface area contributed by atoms with Crippen LogP contribution in [0.5, 0.6) is 0 Å². The highest BCUT2D eigenvalue weighted by molar-refractivity contribution is 5.76. The molecular formula is C24H45NO2. The Hall–Kier alpha value is -1.09. The molecule has 0 saturated heterocycles. The number of hydrogen-bond donors (Lipinski definition) is 2. The minimum atomic E-state index is -0.238. The van der Waals surface area contributed by atoms with Gasteiger partial charge in [-0.1, -0.05) is 89.5 Å². The van der Waals surface area contributed by atoms with Gasteiger partial charge >= 0.3 is 0 Å². The third-order valence-electron chi connectivity index (χ3n) is 5.34. The minimum absolute atomic E-state index is 0.0441. The summed E-state index contributed by atoms with van der Waals surface area (Å²) in [6.45, 7) is 4.44. The lowest BCUT2D eigenvalue weighted by molar-refractivity contribution is -0.124. The van der Waals surface area contributed by atoms with Gasteiger partial charge in [-0.3, -0.25) is 4.79 Å². The van der Waals surface area contributed by atoms with Crippen molar-refractivity contribution >= 4 is 5.91 Å². The molecule has 0 heterocycles. The van der Waals surface area contributed by atoms with Crippen molar-refractivity contribution in [2.45, 2.75) is 104 Å². The van der Waals surface area contributed by atoms with Gasteiger partial charge in [-0.05, 0) is 44.4 Å². The van der Waals surface area contributed by atoms with E-state index in [2.05, 4.69) is 38.2 Å². The Morgan fingerprint density at radius 2 is 1.37 bits per heavy atom. The third kappa shape index (κ3) is 15.6. The number of hydrogen-bond acceptors (Lipinski definition) is 2. The first-order valence-electron chi connectivity index (χ1n) is 11.4. The topological polar surface area (TPSA) is 63.3 Å². The van der Waals surface area contributed by atoms with Crippen molar-refractivity contribution in [3.05, 3.63) is 24.3 Å². The quantitative estimate of drug-likeness (QED) is 0.204. The molecule has 2 unspecified atom stereocenters. The van der Waals surface area contributed by atoms with Gasteiger partial charge in [0.2, 0.25) is 5.91 Å². The maximum atomic E-state index is 11.7. The zero-order valence-electron chi connectivity index (χ0n) is 18.0. The predicted molar refractivity (Wildman–Crippen MR) is 118 cm³/mol. The molecule has 2 atom stereocenters. The second-order valence-electron chi connectivity index (χ2n) is 7.79. The van der Waals surface area contributed by atoms with E-state index >= 15 is 0 Å². The van der Waals surface area contributed by atoms with Crippen LogP contribution in [-0.4, -0.2) is 17.6 Å². The molecule has 0 aliphatic rings. The van der Waals surface area contributed by atoms with Crippen molar-refractivity contribution in [3.8, 4) is 0 Å². The van der Waals surface area contributed by atoms with Gasteiger partial charge in [0.25, 0.3) is 0 Å². The van der Waals surface area contributed by atoms with E-state index < -0.39 is 0 Å². The zero-order chi connectivity index (χ0) is 20.2. The zero-order valence-corrected chi connectivity index (χ0v) is 18.0. The van der Waals surface area contributed by atoms with E-state index in [1.165, 1.54) is 44.9 Å². The minimum Gasteiger partial charge on any atom is -0.396 e. The van der Waals surface area contributed by atoms with Gasteiger partial charge in [0.1, 0.15) is 0 Å². The Balaban J connectivity index is 3.74. The van der Waals surface area contributed by atoms with Crippen LogP contribution in [0.3, 0.4) is 0 Å². The normalized spacial score (nSPS) is 14.2. The summed E-state index contributed by atoms with van der Waals surface area (Å²) >= 11 is 0. The van der Waals surface area contributed by atoms with Gasteiger partial charge in [-0.25, -0.2) is 0 Å². The Kier molecular flexibility index (Phi) is 18.9. The number of allylic oxidation sites excluding steroid dienone is 4. The molecule has 0 aromatic rings. The molecule has 158 valence electrons. The average Bonchev–Trinajstić information content (AvgIpc) is 2.66. The number of amides is 1. The number of carbonyl (C=O) groups is 1. The first-order valence-corrected chi connectivity index (χ1v) is 11.4. The number of primary amides is 1. The molecule has 0 aromatic heterocycles. The number of aliphatic hydroxyl groups is 1. The standard InChI is InChI=1S/C24H45NO2/c1-3-5-7-8-9-10-11-12-13-14-15-16-17-18-20-23(24(25)27)22(21-26)19-6-4-2/h9-12,22-23,26H,3-8,13-21H2,1-2H3,(H2,25,27)/b10-9+,12-11+. The van der Waals surface area contributed by atoms with Crippen molar-refractivity contribution in [2.24, 2.45) is 17.6 Å². The average molecular weight is 380 g/mol. The van der Waals surface area contributed by atoms with Gasteiger partial charge in [-0.15, -0.1) is 0 Å². The van der Waals surface area contributed by atoms with Crippen molar-refractivity contribution < 1.29 is 9.90 Å². The summed E-state index contributed by atoms with van der Waals surface area (Å²) in [7, 11) is 0. The predicted octanol–water partition coefficient (Wildman–Crippen LogP) is 6.31. The first kappa shape index (κ1) is 25.9. The number of carbonyl (C=O) groups excluding carboxylic acids is 1. The van der Waals surface area contributed by atoms with Crippen LogP contribution in [0.25, 0.3) is 0 Å². The van der Waals surface area contributed by atoms with E-state index in [0.29, 0.717) is 0 Å². The molecule has 3 N–H and O–H groups in total. The summed E-state index contributed by atoms with van der Waals surface area (Å²) in [6, 6.07) is 0. The fourth-order valence-corrected chi connectivity index (χ4v) is 3.51. The Morgan fingerprint density at radius 1 is 0.815 bits per heavy atom. The molecule has 27 heavy (non-hydrogen) atoms. The molecule has 0 aliphatic heterocycles. The molecule has 0 radical (unpaired) electrons. The lowest BCUT2D eigenvalue weighted by Gasteiger charge is -2.22. The van der Waals surface area contributed by atoms with E-state index in [1.54, 1.807) is 0 Å². The molecule has 0 aromatic carbocycles. The van der Waals surface area contributed by atoms with Gasteiger partial charge in [0.05, 0.1) is 0 Å². The number of aliphatic hydroxyl groups excluding tert-OH is 1. The van der Waals surface area contributed by atoms with Gasteiger partial charge in [-0.2, -0.15) is 0 Å². The van der Waals surface area contributed by atoms with E-state index in [0.717, 1.165) is 44.9 Å². The monoisotopic (exact) mass is 379 g/mol. The Bertz CT molecular complexity index is 390. The molecule has 0 bridgehead atoms. The Morgan fingerprint density at radius 3 is 1.93 bits per heavy atom. The van der Waals surface area contributed by atoms with E-state index in [9.17, 15) is 9.90 Å². The van der Waals surface area contributed by atoms with Crippen LogP contribution in [-0.2, 0) is 4.79 Å². The van der Waals surface area contributed by atoms with Gasteiger partial charge in [0, 0.05) is 12.5 Å². The van der Waals surface area contributed by atoms with Crippen LogP contribution in [0.4, 0.5) is 0 Å². The first-order chi connectivity index (χ1) is 13.2. The van der Waals surface area contributed by atoms with Crippen LogP contribution in [0.2, 0.25) is 0 Å². The molecule has 0 aliphatic carbocycles. The van der Waals surface area contributed by atoms with Crippen molar-refractivity contribution in [1.29, 1.82) is 0 Å². The van der Waals surface area contributed by atoms with E-state index in [1.807, 2.05) is 0 Å². The summed E-state index contributed by atoms with van der Waals surface area (Å²) in [4.78, 5) is 11.7. The fourth-order valence-electron chi connectivity index (χ4n) is 3.51. The van der Waals surface area contributed by atoms with E-state index in [-0.39, 0.29) is 24.3 Å². The highest BCUT2D eigenvalue weighted by Gasteiger charge is 2.24. The lowest BCUT2D eigenvalue weighted by atomic mass is 9.84. The van der Waals surface area contributed by atoms with Gasteiger partial charge < -0.3 is 10.8 Å². The van der Waals surface area contributed by atoms with Crippen LogP contribution < -0.4 is 5.73 Å². The number of rotatable bonds is 19. The summed E-state index contributed by atoms with van der Waals surface area (Å²) < 4.78 is 0. The number of nitrogens with two attached hydrogens (primary N) is 1. The van der Waals surface area contributed by atoms with Crippen LogP contribution in [0.15, 0.2) is 24.3 Å². The molecule has 1 amide bonds. The van der Waals surface area contributed by atoms with E-state index in [4.69, 9.17) is 5.73 Å². The maximum absolute atomic E-state index is 11.7. The SMILES string of the molecule is CCCCC/C=C/C=C/CCCCCCCC(C(N)=O)C(CO)CCCC. The smallest absolute Gasteiger partial charge is 0.220 e. The highest BCUT2D eigenvalue weighted by Crippen LogP contribution is 2.24. The third-order valence-corrected chi connectivity index (χ3v) is 5.34. The van der Waals surface area contributed by atoms with Crippen LogP contribution in [0.1, 0.15) is 104 Å². The second-order valence-corrected chi connectivity index (χ2v) is 7.79. The molecule has 3 nitrogen and oxygen atoms in total. The lowest BCUT2D eigenvalue weighted by Crippen LogP contribution is -2.32. The summed E-state index contributed by atoms with van der Waals surface area (Å²) in [5, 5.41) is 9.57. The summed E-state index contributed by atoms with van der Waals surface area (Å²) in [6.07, 6.45) is 24.9. The second kappa shape index (κ2) is 19.7. The highest BCUT2D eigenvalue weighted by atomic mass is 16.3. The molecule has 0 rings (SSSR count). The summed E-state index contributed by atoms with van der Waals surface area (Å²) in [5.41, 5.74) is 5.58. The molecule has 0 fully saturated rings. The number of unbranched alkanes of at least 4 members (excludes halogenated alkanes) is 9. The Labute approximate surface area is 168 Å². The van der Waals surface area contributed by atoms with Crippen molar-refractivity contribution in [1.82, 2.24) is 0 Å². The summed E-state index contributed by atoms with van der Waals surface area (Å²) in [5.74, 6) is -0.353. The molecule has 0 spiro atoms. The molecule has 0 saturated carbocycles. The van der Waals surface area contributed by atoms with Gasteiger partial charge in [0.15, 0.2) is 0 Å².